The lowest BCUT2D eigenvalue weighted by atomic mass is 10.2. The quantitative estimate of drug-likeness (QED) is 0.425. The van der Waals surface area contributed by atoms with E-state index in [0.29, 0.717) is 11.8 Å². The Morgan fingerprint density at radius 1 is 1.00 bits per heavy atom. The van der Waals surface area contributed by atoms with E-state index in [1.165, 1.54) is 5.69 Å². The molecule has 9 nitrogen and oxygen atoms in total. The molecule has 35 heavy (non-hydrogen) atoms. The first kappa shape index (κ1) is 23.1. The van der Waals surface area contributed by atoms with Crippen molar-refractivity contribution in [1.29, 1.82) is 0 Å². The van der Waals surface area contributed by atoms with Gasteiger partial charge in [-0.15, -0.1) is 0 Å². The van der Waals surface area contributed by atoms with Gasteiger partial charge < -0.3 is 20.9 Å². The minimum absolute atomic E-state index is 0.478. The summed E-state index contributed by atoms with van der Waals surface area (Å²) in [7, 11) is 4.26. The number of rotatable bonds is 7. The first-order valence-corrected chi connectivity index (χ1v) is 12.0. The predicted molar refractivity (Wildman–Crippen MR) is 143 cm³/mol. The third kappa shape index (κ3) is 5.21. The summed E-state index contributed by atoms with van der Waals surface area (Å²) < 4.78 is 2.00. The average Bonchev–Trinajstić information content (AvgIpc) is 3.18. The SMILES string of the molecule is Cc1cc2cnc(Nc3ccc(N4CCN(CCN(C)C)CC4)cc3)nc2n1-c1cccc(N)n1. The zero-order valence-electron chi connectivity index (χ0n) is 20.6. The lowest BCUT2D eigenvalue weighted by Gasteiger charge is -2.36. The Balaban J connectivity index is 1.28. The summed E-state index contributed by atoms with van der Waals surface area (Å²) in [6.07, 6.45) is 1.84. The van der Waals surface area contributed by atoms with Crippen LogP contribution in [0.25, 0.3) is 16.9 Å². The van der Waals surface area contributed by atoms with Crippen molar-refractivity contribution in [3.8, 4) is 5.82 Å². The van der Waals surface area contributed by atoms with Gasteiger partial charge in [0.05, 0.1) is 0 Å². The molecular formula is C26H33N9. The lowest BCUT2D eigenvalue weighted by molar-refractivity contribution is 0.229. The summed E-state index contributed by atoms with van der Waals surface area (Å²) in [6.45, 7) is 8.56. The summed E-state index contributed by atoms with van der Waals surface area (Å²) in [5.41, 5.74) is 9.93. The van der Waals surface area contributed by atoms with E-state index in [0.717, 1.165) is 67.5 Å². The van der Waals surface area contributed by atoms with Gasteiger partial charge in [0.2, 0.25) is 5.95 Å². The summed E-state index contributed by atoms with van der Waals surface area (Å²) in [5, 5.41) is 4.30. The standard InChI is InChI=1S/C26H33N9/c1-19-17-20-18-28-26(31-25(20)35(19)24-6-4-5-23(27)30-24)29-21-7-9-22(10-8-21)34-15-13-33(14-16-34)12-11-32(2)3/h4-10,17-18H,11-16H2,1-3H3,(H2,27,30)(H,28,29,31). The van der Waals surface area contributed by atoms with Crippen molar-refractivity contribution in [2.24, 2.45) is 0 Å². The molecule has 4 aromatic rings. The number of anilines is 4. The van der Waals surface area contributed by atoms with Gasteiger partial charge in [-0.1, -0.05) is 6.07 Å². The molecular weight excluding hydrogens is 438 g/mol. The second kappa shape index (κ2) is 9.89. The van der Waals surface area contributed by atoms with Crippen molar-refractivity contribution in [3.63, 3.8) is 0 Å². The van der Waals surface area contributed by atoms with Crippen LogP contribution in [-0.4, -0.2) is 82.7 Å². The number of piperazine rings is 1. The highest BCUT2D eigenvalue weighted by Gasteiger charge is 2.17. The Morgan fingerprint density at radius 2 is 1.77 bits per heavy atom. The van der Waals surface area contributed by atoms with E-state index in [9.17, 15) is 0 Å². The van der Waals surface area contributed by atoms with Gasteiger partial charge >= 0.3 is 0 Å². The van der Waals surface area contributed by atoms with Crippen molar-refractivity contribution >= 4 is 34.2 Å². The van der Waals surface area contributed by atoms with Crippen LogP contribution in [-0.2, 0) is 0 Å². The van der Waals surface area contributed by atoms with Crippen molar-refractivity contribution < 1.29 is 0 Å². The van der Waals surface area contributed by atoms with Gasteiger partial charge in [-0.25, -0.2) is 9.97 Å². The number of aromatic nitrogens is 4. The van der Waals surface area contributed by atoms with E-state index < -0.39 is 0 Å². The minimum Gasteiger partial charge on any atom is -0.384 e. The van der Waals surface area contributed by atoms with Gasteiger partial charge in [-0.3, -0.25) is 9.47 Å². The molecule has 5 rings (SSSR count). The van der Waals surface area contributed by atoms with E-state index >= 15 is 0 Å². The number of likely N-dealkylation sites (N-methyl/N-ethyl adjacent to an activating group) is 1. The molecule has 1 aromatic carbocycles. The van der Waals surface area contributed by atoms with Crippen LogP contribution in [0, 0.1) is 6.92 Å². The van der Waals surface area contributed by atoms with Crippen molar-refractivity contribution in [2.75, 3.05) is 69.3 Å². The highest BCUT2D eigenvalue weighted by Crippen LogP contribution is 2.25. The molecule has 9 heteroatoms. The van der Waals surface area contributed by atoms with Crippen molar-refractivity contribution in [1.82, 2.24) is 29.3 Å². The number of fused-ring (bicyclic) bond motifs is 1. The number of hydrogen-bond donors (Lipinski definition) is 2. The van der Waals surface area contributed by atoms with Crippen LogP contribution in [0.1, 0.15) is 5.69 Å². The Bertz CT molecular complexity index is 1290. The molecule has 0 amide bonds. The van der Waals surface area contributed by atoms with Gasteiger partial charge in [0, 0.05) is 67.9 Å². The van der Waals surface area contributed by atoms with Gasteiger partial charge in [-0.05, 0) is 63.5 Å². The first-order valence-electron chi connectivity index (χ1n) is 12.0. The van der Waals surface area contributed by atoms with Crippen LogP contribution in [0.3, 0.4) is 0 Å². The minimum atomic E-state index is 0.478. The van der Waals surface area contributed by atoms with Gasteiger partial charge in [0.25, 0.3) is 0 Å². The van der Waals surface area contributed by atoms with E-state index in [1.807, 2.05) is 29.8 Å². The molecule has 4 heterocycles. The maximum Gasteiger partial charge on any atom is 0.229 e. The summed E-state index contributed by atoms with van der Waals surface area (Å²) in [6, 6.07) is 16.2. The third-order valence-electron chi connectivity index (χ3n) is 6.43. The van der Waals surface area contributed by atoms with Crippen molar-refractivity contribution in [3.05, 3.63) is 60.4 Å². The smallest absolute Gasteiger partial charge is 0.229 e. The van der Waals surface area contributed by atoms with E-state index in [4.69, 9.17) is 10.7 Å². The van der Waals surface area contributed by atoms with Gasteiger partial charge in [0.15, 0.2) is 5.65 Å². The summed E-state index contributed by atoms with van der Waals surface area (Å²) >= 11 is 0. The molecule has 3 aromatic heterocycles. The van der Waals surface area contributed by atoms with Crippen LogP contribution >= 0.6 is 0 Å². The zero-order chi connectivity index (χ0) is 24.4. The number of hydrogen-bond acceptors (Lipinski definition) is 8. The third-order valence-corrected chi connectivity index (χ3v) is 6.43. The second-order valence-corrected chi connectivity index (χ2v) is 9.32. The molecule has 1 aliphatic rings. The fraction of sp³-hybridized carbons (Fsp3) is 0.346. The molecule has 0 atom stereocenters. The van der Waals surface area contributed by atoms with Crippen molar-refractivity contribution in [2.45, 2.75) is 6.92 Å². The van der Waals surface area contributed by atoms with Crippen LogP contribution in [0.2, 0.25) is 0 Å². The maximum absolute atomic E-state index is 5.91. The van der Waals surface area contributed by atoms with Gasteiger partial charge in [0.1, 0.15) is 11.6 Å². The highest BCUT2D eigenvalue weighted by atomic mass is 15.3. The first-order chi connectivity index (χ1) is 17.0. The Labute approximate surface area is 206 Å². The zero-order valence-corrected chi connectivity index (χ0v) is 20.6. The highest BCUT2D eigenvalue weighted by molar-refractivity contribution is 5.80. The number of pyridine rings is 1. The normalized spacial score (nSPS) is 14.7. The van der Waals surface area contributed by atoms with Gasteiger partial charge in [-0.2, -0.15) is 4.98 Å². The fourth-order valence-corrected chi connectivity index (χ4v) is 4.49. The molecule has 1 fully saturated rings. The number of nitrogens with zero attached hydrogens (tertiary/aromatic N) is 7. The molecule has 1 aliphatic heterocycles. The number of nitrogen functional groups attached to an aromatic ring is 1. The summed E-state index contributed by atoms with van der Waals surface area (Å²) in [4.78, 5) is 21.0. The number of nitrogens with two attached hydrogens (primary N) is 1. The Kier molecular flexibility index (Phi) is 6.52. The molecule has 0 saturated carbocycles. The Morgan fingerprint density at radius 3 is 2.49 bits per heavy atom. The summed E-state index contributed by atoms with van der Waals surface area (Å²) in [5.74, 6) is 1.77. The maximum atomic E-state index is 5.91. The molecule has 182 valence electrons. The molecule has 3 N–H and O–H groups in total. The largest absolute Gasteiger partial charge is 0.384 e. The fourth-order valence-electron chi connectivity index (χ4n) is 4.49. The second-order valence-electron chi connectivity index (χ2n) is 9.32. The van der Waals surface area contributed by atoms with Crippen LogP contribution in [0.4, 0.5) is 23.1 Å². The molecule has 1 saturated heterocycles. The molecule has 0 spiro atoms. The Hall–Kier alpha value is -3.69. The number of nitrogens with one attached hydrogen (secondary N) is 1. The topological polar surface area (TPSA) is 91.4 Å². The van der Waals surface area contributed by atoms with Crippen LogP contribution in [0.15, 0.2) is 54.7 Å². The number of benzene rings is 1. The molecule has 0 aliphatic carbocycles. The van der Waals surface area contributed by atoms with E-state index in [-0.39, 0.29) is 0 Å². The van der Waals surface area contributed by atoms with Crippen LogP contribution in [0.5, 0.6) is 0 Å². The predicted octanol–water partition coefficient (Wildman–Crippen LogP) is 3.13. The van der Waals surface area contributed by atoms with E-state index in [2.05, 4.69) is 74.4 Å². The van der Waals surface area contributed by atoms with E-state index in [1.54, 1.807) is 6.07 Å². The van der Waals surface area contributed by atoms with Crippen LogP contribution < -0.4 is 16.0 Å². The monoisotopic (exact) mass is 471 g/mol. The molecule has 0 bridgehead atoms. The lowest BCUT2D eigenvalue weighted by Crippen LogP contribution is -2.48. The molecule has 0 radical (unpaired) electrons. The number of aryl methyl sites for hydroxylation is 1. The average molecular weight is 472 g/mol. The molecule has 0 unspecified atom stereocenters.